The quantitative estimate of drug-likeness (QED) is 0.775. The fourth-order valence-electron chi connectivity index (χ4n) is 2.44. The number of rotatable bonds is 2. The number of amides is 3. The molecule has 0 aromatic heterocycles. The highest BCUT2D eigenvalue weighted by Gasteiger charge is 2.20. The van der Waals surface area contributed by atoms with Crippen LogP contribution in [0.25, 0.3) is 0 Å². The standard InChI is InChI=1S/C12H21N3O2/c16-11(14-6-4-5-7-14)10-13-12(17)15-8-2-1-3-9-15/h1-10H2,(H,13,17). The van der Waals surface area contributed by atoms with Gasteiger partial charge in [0.2, 0.25) is 5.91 Å². The number of carbonyl (C=O) groups excluding carboxylic acids is 2. The van der Waals surface area contributed by atoms with Gasteiger partial charge in [-0.05, 0) is 32.1 Å². The van der Waals surface area contributed by atoms with E-state index in [9.17, 15) is 9.59 Å². The summed E-state index contributed by atoms with van der Waals surface area (Å²) < 4.78 is 0. The van der Waals surface area contributed by atoms with Gasteiger partial charge in [-0.3, -0.25) is 4.79 Å². The highest BCUT2D eigenvalue weighted by molar-refractivity contribution is 5.84. The summed E-state index contributed by atoms with van der Waals surface area (Å²) in [6, 6.07) is -0.0859. The first-order valence-electron chi connectivity index (χ1n) is 6.58. The van der Waals surface area contributed by atoms with Crippen molar-refractivity contribution in [1.29, 1.82) is 0 Å². The van der Waals surface area contributed by atoms with Crippen LogP contribution in [0.2, 0.25) is 0 Å². The largest absolute Gasteiger partial charge is 0.341 e. The van der Waals surface area contributed by atoms with Crippen LogP contribution >= 0.6 is 0 Å². The summed E-state index contributed by atoms with van der Waals surface area (Å²) in [5.41, 5.74) is 0. The lowest BCUT2D eigenvalue weighted by atomic mass is 10.1. The molecule has 0 aromatic rings. The second-order valence-corrected chi connectivity index (χ2v) is 4.79. The predicted molar refractivity (Wildman–Crippen MR) is 64.6 cm³/mol. The van der Waals surface area contributed by atoms with Gasteiger partial charge < -0.3 is 15.1 Å². The van der Waals surface area contributed by atoms with Gasteiger partial charge in [-0.1, -0.05) is 0 Å². The van der Waals surface area contributed by atoms with Crippen molar-refractivity contribution in [1.82, 2.24) is 15.1 Å². The minimum atomic E-state index is -0.0859. The maximum absolute atomic E-state index is 11.8. The minimum Gasteiger partial charge on any atom is -0.341 e. The molecule has 0 saturated carbocycles. The molecule has 2 saturated heterocycles. The smallest absolute Gasteiger partial charge is 0.317 e. The predicted octanol–water partition coefficient (Wildman–Crippen LogP) is 0.804. The second-order valence-electron chi connectivity index (χ2n) is 4.79. The first-order chi connectivity index (χ1) is 8.27. The van der Waals surface area contributed by atoms with Gasteiger partial charge >= 0.3 is 6.03 Å². The van der Waals surface area contributed by atoms with E-state index in [1.165, 1.54) is 6.42 Å². The molecule has 2 aliphatic heterocycles. The van der Waals surface area contributed by atoms with Crippen molar-refractivity contribution in [2.24, 2.45) is 0 Å². The van der Waals surface area contributed by atoms with Crippen molar-refractivity contribution in [2.45, 2.75) is 32.1 Å². The van der Waals surface area contributed by atoms with E-state index in [4.69, 9.17) is 0 Å². The lowest BCUT2D eigenvalue weighted by Gasteiger charge is -2.27. The van der Waals surface area contributed by atoms with Gasteiger partial charge in [0.25, 0.3) is 0 Å². The zero-order valence-corrected chi connectivity index (χ0v) is 10.3. The van der Waals surface area contributed by atoms with Crippen LogP contribution in [0, 0.1) is 0 Å². The number of nitrogens with one attached hydrogen (secondary N) is 1. The zero-order chi connectivity index (χ0) is 12.1. The average Bonchev–Trinajstić information content (AvgIpc) is 2.90. The van der Waals surface area contributed by atoms with E-state index in [1.807, 2.05) is 4.90 Å². The first-order valence-corrected chi connectivity index (χ1v) is 6.58. The van der Waals surface area contributed by atoms with Gasteiger partial charge in [0.05, 0.1) is 6.54 Å². The van der Waals surface area contributed by atoms with Crippen LogP contribution in [0.3, 0.4) is 0 Å². The number of urea groups is 1. The molecule has 2 fully saturated rings. The van der Waals surface area contributed by atoms with E-state index in [1.54, 1.807) is 4.90 Å². The van der Waals surface area contributed by atoms with Crippen molar-refractivity contribution < 1.29 is 9.59 Å². The Bertz CT molecular complexity index is 281. The maximum Gasteiger partial charge on any atom is 0.317 e. The third-order valence-electron chi connectivity index (χ3n) is 3.49. The van der Waals surface area contributed by atoms with Crippen LogP contribution < -0.4 is 5.32 Å². The minimum absolute atomic E-state index is 0.0489. The van der Waals surface area contributed by atoms with Gasteiger partial charge in [0.15, 0.2) is 0 Å². The van der Waals surface area contributed by atoms with Crippen LogP contribution in [-0.2, 0) is 4.79 Å². The van der Waals surface area contributed by atoms with Gasteiger partial charge in [-0.2, -0.15) is 0 Å². The Balaban J connectivity index is 1.69. The lowest BCUT2D eigenvalue weighted by Crippen LogP contribution is -2.46. The van der Waals surface area contributed by atoms with Crippen molar-refractivity contribution in [3.8, 4) is 0 Å². The molecule has 96 valence electrons. The summed E-state index contributed by atoms with van der Waals surface area (Å²) in [5.74, 6) is 0.0489. The Morgan fingerprint density at radius 2 is 1.35 bits per heavy atom. The summed E-state index contributed by atoms with van der Waals surface area (Å²) in [6.45, 7) is 3.49. The highest BCUT2D eigenvalue weighted by Crippen LogP contribution is 2.09. The first kappa shape index (κ1) is 12.2. The molecular weight excluding hydrogens is 218 g/mol. The molecule has 0 aromatic carbocycles. The Morgan fingerprint density at radius 3 is 2.00 bits per heavy atom. The van der Waals surface area contributed by atoms with Crippen LogP contribution in [0.5, 0.6) is 0 Å². The molecule has 17 heavy (non-hydrogen) atoms. The van der Waals surface area contributed by atoms with E-state index in [0.29, 0.717) is 0 Å². The zero-order valence-electron chi connectivity index (χ0n) is 10.3. The van der Waals surface area contributed by atoms with Gasteiger partial charge in [0.1, 0.15) is 0 Å². The summed E-state index contributed by atoms with van der Waals surface area (Å²) in [6.07, 6.45) is 5.54. The molecule has 0 radical (unpaired) electrons. The number of hydrogen-bond acceptors (Lipinski definition) is 2. The van der Waals surface area contributed by atoms with Gasteiger partial charge in [-0.15, -0.1) is 0 Å². The molecule has 0 spiro atoms. The van der Waals surface area contributed by atoms with Crippen molar-refractivity contribution in [3.05, 3.63) is 0 Å². The summed E-state index contributed by atoms with van der Waals surface area (Å²) in [5, 5.41) is 2.72. The summed E-state index contributed by atoms with van der Waals surface area (Å²) >= 11 is 0. The van der Waals surface area contributed by atoms with E-state index < -0.39 is 0 Å². The molecule has 1 N–H and O–H groups in total. The number of piperidine rings is 1. The van der Waals surface area contributed by atoms with Crippen molar-refractivity contribution in [3.63, 3.8) is 0 Å². The second kappa shape index (κ2) is 5.89. The van der Waals surface area contributed by atoms with Crippen LogP contribution in [0.15, 0.2) is 0 Å². The number of likely N-dealkylation sites (tertiary alicyclic amines) is 2. The molecule has 0 bridgehead atoms. The monoisotopic (exact) mass is 239 g/mol. The van der Waals surface area contributed by atoms with Crippen molar-refractivity contribution in [2.75, 3.05) is 32.7 Å². The van der Waals surface area contributed by atoms with Gasteiger partial charge in [-0.25, -0.2) is 4.79 Å². The van der Waals surface area contributed by atoms with Crippen LogP contribution in [0.4, 0.5) is 4.79 Å². The highest BCUT2D eigenvalue weighted by atomic mass is 16.2. The van der Waals surface area contributed by atoms with E-state index in [2.05, 4.69) is 5.32 Å². The summed E-state index contributed by atoms with van der Waals surface area (Å²) in [4.78, 5) is 27.1. The van der Waals surface area contributed by atoms with Crippen LogP contribution in [0.1, 0.15) is 32.1 Å². The Hall–Kier alpha value is -1.26. The van der Waals surface area contributed by atoms with E-state index >= 15 is 0 Å². The molecule has 3 amide bonds. The fraction of sp³-hybridized carbons (Fsp3) is 0.833. The summed E-state index contributed by atoms with van der Waals surface area (Å²) in [7, 11) is 0. The van der Waals surface area contributed by atoms with Crippen molar-refractivity contribution >= 4 is 11.9 Å². The molecule has 2 aliphatic rings. The molecule has 2 heterocycles. The number of carbonyl (C=O) groups is 2. The topological polar surface area (TPSA) is 52.7 Å². The Labute approximate surface area is 102 Å². The van der Waals surface area contributed by atoms with Crippen LogP contribution in [-0.4, -0.2) is 54.5 Å². The Morgan fingerprint density at radius 1 is 0.824 bits per heavy atom. The van der Waals surface area contributed by atoms with E-state index in [0.717, 1.165) is 51.9 Å². The van der Waals surface area contributed by atoms with E-state index in [-0.39, 0.29) is 18.5 Å². The third kappa shape index (κ3) is 3.35. The average molecular weight is 239 g/mol. The molecule has 2 rings (SSSR count). The normalized spacial score (nSPS) is 20.5. The van der Waals surface area contributed by atoms with Gasteiger partial charge in [0, 0.05) is 26.2 Å². The fourth-order valence-corrected chi connectivity index (χ4v) is 2.44. The maximum atomic E-state index is 11.8. The lowest BCUT2D eigenvalue weighted by molar-refractivity contribution is -0.129. The molecule has 5 heteroatoms. The molecule has 0 unspecified atom stereocenters. The molecular formula is C12H21N3O2. The number of nitrogens with zero attached hydrogens (tertiary/aromatic N) is 2. The molecule has 0 aliphatic carbocycles. The number of hydrogen-bond donors (Lipinski definition) is 1. The molecule has 5 nitrogen and oxygen atoms in total. The Kier molecular flexibility index (Phi) is 4.23. The molecule has 0 atom stereocenters. The third-order valence-corrected chi connectivity index (χ3v) is 3.49. The SMILES string of the molecule is O=C(CNC(=O)N1CCCCC1)N1CCCC1.